The number of hydrogen-bond acceptors (Lipinski definition) is 11. The van der Waals surface area contributed by atoms with Crippen molar-refractivity contribution in [2.24, 2.45) is 0 Å². The Labute approximate surface area is 358 Å². The number of rotatable bonds is 14. The molecule has 11 heteroatoms. The highest BCUT2D eigenvalue weighted by Crippen LogP contribution is 2.45. The molecule has 0 fully saturated rings. The van der Waals surface area contributed by atoms with Crippen molar-refractivity contribution in [3.05, 3.63) is 170 Å². The van der Waals surface area contributed by atoms with Gasteiger partial charge in [-0.2, -0.15) is 0 Å². The van der Waals surface area contributed by atoms with Gasteiger partial charge in [0.2, 0.25) is 0 Å². The Morgan fingerprint density at radius 2 is 0.623 bits per heavy atom. The Hall–Kier alpha value is -7.89. The number of nitrogen functional groups attached to an aromatic ring is 4. The maximum Gasteiger partial charge on any atom is 0.145 e. The van der Waals surface area contributed by atoms with E-state index in [2.05, 4.69) is 12.1 Å². The highest BCUT2D eigenvalue weighted by molar-refractivity contribution is 7.99. The average Bonchev–Trinajstić information content (AvgIpc) is 3.28. The summed E-state index contributed by atoms with van der Waals surface area (Å²) in [6.45, 7) is 0. The number of anilines is 4. The summed E-state index contributed by atoms with van der Waals surface area (Å²) in [7, 11) is 3.15. The van der Waals surface area contributed by atoms with E-state index in [9.17, 15) is 0 Å². The van der Waals surface area contributed by atoms with Gasteiger partial charge in [-0.3, -0.25) is 0 Å². The van der Waals surface area contributed by atoms with Gasteiger partial charge in [-0.05, 0) is 156 Å². The fourth-order valence-corrected chi connectivity index (χ4v) is 7.51. The second kappa shape index (κ2) is 17.9. The van der Waals surface area contributed by atoms with Crippen molar-refractivity contribution in [1.82, 2.24) is 0 Å². The molecule has 8 aromatic carbocycles. The molecular weight excluding hydrogens is 785 g/mol. The van der Waals surface area contributed by atoms with Gasteiger partial charge in [-0.1, -0.05) is 36.0 Å². The zero-order chi connectivity index (χ0) is 42.3. The van der Waals surface area contributed by atoms with Crippen LogP contribution in [0.25, 0.3) is 22.3 Å². The van der Waals surface area contributed by atoms with E-state index < -0.39 is 0 Å². The monoisotopic (exact) mass is 826 g/mol. The first-order valence-corrected chi connectivity index (χ1v) is 20.0. The first kappa shape index (κ1) is 39.9. The van der Waals surface area contributed by atoms with Crippen molar-refractivity contribution in [2.45, 2.75) is 9.79 Å². The summed E-state index contributed by atoms with van der Waals surface area (Å²) in [5.74, 6) is 6.25. The maximum atomic E-state index is 6.37. The minimum Gasteiger partial charge on any atom is -0.494 e. The molecule has 0 atom stereocenters. The lowest BCUT2D eigenvalue weighted by Crippen LogP contribution is -1.94. The number of benzene rings is 8. The number of ether oxygens (including phenoxy) is 6. The molecule has 8 N–H and O–H groups in total. The van der Waals surface area contributed by atoms with Crippen LogP contribution in [0.5, 0.6) is 57.5 Å². The van der Waals surface area contributed by atoms with Crippen molar-refractivity contribution >= 4 is 34.5 Å². The van der Waals surface area contributed by atoms with Gasteiger partial charge in [-0.25, -0.2) is 0 Å². The Balaban J connectivity index is 1.16. The maximum absolute atomic E-state index is 6.37. The first-order chi connectivity index (χ1) is 29.7. The summed E-state index contributed by atoms with van der Waals surface area (Å²) in [4.78, 5) is 1.96. The molecular formula is C50H42N4O6S. The zero-order valence-corrected chi connectivity index (χ0v) is 34.1. The molecule has 0 aliphatic carbocycles. The van der Waals surface area contributed by atoms with Crippen LogP contribution >= 0.6 is 11.8 Å². The van der Waals surface area contributed by atoms with Crippen LogP contribution in [0.1, 0.15) is 0 Å². The second-order valence-electron chi connectivity index (χ2n) is 13.8. The lowest BCUT2D eigenvalue weighted by atomic mass is 10.0. The van der Waals surface area contributed by atoms with Gasteiger partial charge in [0.1, 0.15) is 57.5 Å². The minimum absolute atomic E-state index is 0.521. The van der Waals surface area contributed by atoms with Crippen molar-refractivity contribution in [1.29, 1.82) is 0 Å². The van der Waals surface area contributed by atoms with E-state index in [4.69, 9.17) is 51.4 Å². The molecule has 0 spiro atoms. The molecule has 8 rings (SSSR count). The quantitative estimate of drug-likeness (QED) is 0.0773. The Bertz CT molecular complexity index is 2590. The van der Waals surface area contributed by atoms with Crippen LogP contribution < -0.4 is 51.4 Å². The van der Waals surface area contributed by atoms with Crippen LogP contribution in [-0.4, -0.2) is 14.2 Å². The van der Waals surface area contributed by atoms with Crippen LogP contribution in [0.3, 0.4) is 0 Å². The Kier molecular flexibility index (Phi) is 11.7. The largest absolute Gasteiger partial charge is 0.494 e. The van der Waals surface area contributed by atoms with E-state index in [1.54, 1.807) is 74.5 Å². The highest BCUT2D eigenvalue weighted by Gasteiger charge is 2.16. The number of methoxy groups -OCH3 is 2. The molecule has 10 nitrogen and oxygen atoms in total. The Morgan fingerprint density at radius 3 is 0.984 bits per heavy atom. The van der Waals surface area contributed by atoms with E-state index in [0.717, 1.165) is 32.0 Å². The molecule has 0 unspecified atom stereocenters. The minimum atomic E-state index is 0.521. The number of nitrogens with two attached hydrogens (primary N) is 4. The topological polar surface area (TPSA) is 159 Å². The fourth-order valence-electron chi connectivity index (χ4n) is 6.42. The normalized spacial score (nSPS) is 10.8. The first-order valence-electron chi connectivity index (χ1n) is 19.2. The summed E-state index contributed by atoms with van der Waals surface area (Å²) in [6, 6.07) is 53.2. The van der Waals surface area contributed by atoms with Gasteiger partial charge in [0.25, 0.3) is 0 Å². The van der Waals surface area contributed by atoms with E-state index >= 15 is 0 Å². The second-order valence-corrected chi connectivity index (χ2v) is 14.9. The summed E-state index contributed by atoms with van der Waals surface area (Å²) >= 11 is 1.62. The van der Waals surface area contributed by atoms with Crippen molar-refractivity contribution < 1.29 is 28.4 Å². The van der Waals surface area contributed by atoms with Crippen LogP contribution in [0.2, 0.25) is 0 Å². The average molecular weight is 827 g/mol. The van der Waals surface area contributed by atoms with Crippen molar-refractivity contribution in [3.63, 3.8) is 0 Å². The van der Waals surface area contributed by atoms with Crippen LogP contribution in [0, 0.1) is 0 Å². The fraction of sp³-hybridized carbons (Fsp3) is 0.0400. The summed E-state index contributed by atoms with van der Waals surface area (Å²) in [6.07, 6.45) is 0. The predicted molar refractivity (Wildman–Crippen MR) is 245 cm³/mol. The van der Waals surface area contributed by atoms with E-state index in [0.29, 0.717) is 80.2 Å². The van der Waals surface area contributed by atoms with Gasteiger partial charge in [0, 0.05) is 33.3 Å². The van der Waals surface area contributed by atoms with Gasteiger partial charge < -0.3 is 51.4 Å². The molecule has 61 heavy (non-hydrogen) atoms. The predicted octanol–water partition coefficient (Wildman–Crippen LogP) is 12.7. The van der Waals surface area contributed by atoms with Crippen LogP contribution in [0.4, 0.5) is 22.7 Å². The lowest BCUT2D eigenvalue weighted by Gasteiger charge is -2.17. The molecule has 0 radical (unpaired) electrons. The SMILES string of the molecule is COc1cc(Oc2ccc(Sc3ccc(Oc4ccc(N)c(OC)c4)cc3-c3ccc(Oc4ccc(N)cc4)cc3)c(-c3ccc(Oc4ccc(N)cc4)cc3)c2)ccc1N. The van der Waals surface area contributed by atoms with E-state index in [1.807, 2.05) is 109 Å². The van der Waals surface area contributed by atoms with Gasteiger partial charge in [0.05, 0.1) is 25.6 Å². The third-order valence-electron chi connectivity index (χ3n) is 9.57. The molecule has 304 valence electrons. The molecule has 0 bridgehead atoms. The van der Waals surface area contributed by atoms with Gasteiger partial charge >= 0.3 is 0 Å². The summed E-state index contributed by atoms with van der Waals surface area (Å²) in [5.41, 5.74) is 30.1. The lowest BCUT2D eigenvalue weighted by molar-refractivity contribution is 0.411. The van der Waals surface area contributed by atoms with E-state index in [-0.39, 0.29) is 0 Å². The summed E-state index contributed by atoms with van der Waals surface area (Å²) in [5, 5.41) is 0. The smallest absolute Gasteiger partial charge is 0.145 e. The molecule has 0 saturated heterocycles. The third-order valence-corrected chi connectivity index (χ3v) is 10.7. The molecule has 0 heterocycles. The molecule has 0 saturated carbocycles. The molecule has 0 amide bonds. The molecule has 0 aromatic heterocycles. The van der Waals surface area contributed by atoms with Crippen molar-refractivity contribution in [2.75, 3.05) is 37.2 Å². The third kappa shape index (κ3) is 9.71. The zero-order valence-electron chi connectivity index (χ0n) is 33.3. The van der Waals surface area contributed by atoms with E-state index in [1.165, 1.54) is 0 Å². The number of hydrogen-bond donors (Lipinski definition) is 4. The van der Waals surface area contributed by atoms with Gasteiger partial charge in [0.15, 0.2) is 0 Å². The molecule has 8 aromatic rings. The summed E-state index contributed by atoms with van der Waals surface area (Å²) < 4.78 is 35.9. The standard InChI is InChI=1S/C50H42N4O6S/c1-55-47-29-41(19-23-45(47)53)59-39-21-25-49(43(27-39)31-3-11-35(12-4-31)57-37-15-7-33(51)8-16-37)61-50-26-22-40(60-42-20-24-46(54)48(30-42)56-2)28-44(50)32-5-13-36(14-6-32)58-38-17-9-34(52)10-18-38/h3-30H,51-54H2,1-2H3. The molecule has 0 aliphatic rings. The molecule has 0 aliphatic heterocycles. The highest BCUT2D eigenvalue weighted by atomic mass is 32.2. The van der Waals surface area contributed by atoms with Crippen LogP contribution in [0.15, 0.2) is 180 Å². The van der Waals surface area contributed by atoms with Crippen LogP contribution in [-0.2, 0) is 0 Å². The van der Waals surface area contributed by atoms with Crippen molar-refractivity contribution in [3.8, 4) is 79.7 Å². The Morgan fingerprint density at radius 1 is 0.328 bits per heavy atom. The van der Waals surface area contributed by atoms with Gasteiger partial charge in [-0.15, -0.1) is 0 Å².